The summed E-state index contributed by atoms with van der Waals surface area (Å²) in [6.07, 6.45) is 4.00. The van der Waals surface area contributed by atoms with Crippen molar-refractivity contribution in [1.29, 1.82) is 0 Å². The molecule has 0 radical (unpaired) electrons. The zero-order chi connectivity index (χ0) is 8.69. The Labute approximate surface area is 68.8 Å². The number of allylic oxidation sites excluding steroid dienone is 1. The summed E-state index contributed by atoms with van der Waals surface area (Å²) < 4.78 is 0. The lowest BCUT2D eigenvalue weighted by molar-refractivity contribution is -0.117. The first-order chi connectivity index (χ1) is 5.20. The highest BCUT2D eigenvalue weighted by atomic mass is 16.1. The summed E-state index contributed by atoms with van der Waals surface area (Å²) in [5, 5.41) is 0. The van der Waals surface area contributed by atoms with Crippen LogP contribution < -0.4 is 0 Å². The van der Waals surface area contributed by atoms with E-state index in [9.17, 15) is 4.79 Å². The smallest absolute Gasteiger partial charge is 0.137 e. The third kappa shape index (κ3) is 5.63. The van der Waals surface area contributed by atoms with Crippen LogP contribution in [0.4, 0.5) is 0 Å². The quantitative estimate of drug-likeness (QED) is 0.566. The fourth-order valence-corrected chi connectivity index (χ4v) is 0.585. The molecule has 0 amide bonds. The Morgan fingerprint density at radius 3 is 2.45 bits per heavy atom. The molecular weight excluding hydrogens is 136 g/mol. The van der Waals surface area contributed by atoms with Crippen molar-refractivity contribution >= 4 is 5.78 Å². The Hall–Kier alpha value is -0.810. The number of carbonyl (C=O) groups is 1. The minimum Gasteiger partial charge on any atom is -0.299 e. The Morgan fingerprint density at radius 1 is 1.36 bits per heavy atom. The molecule has 62 valence electrons. The molecule has 0 rings (SSSR count). The minimum atomic E-state index is 0.279. The number of hydrogen-bond donors (Lipinski definition) is 0. The third-order valence-electron chi connectivity index (χ3n) is 1.60. The molecule has 0 bridgehead atoms. The summed E-state index contributed by atoms with van der Waals surface area (Å²) >= 11 is 0. The van der Waals surface area contributed by atoms with E-state index in [0.717, 1.165) is 6.42 Å². The molecule has 11 heavy (non-hydrogen) atoms. The molecule has 0 unspecified atom stereocenters. The van der Waals surface area contributed by atoms with Crippen LogP contribution in [0.1, 0.15) is 40.0 Å². The van der Waals surface area contributed by atoms with Crippen molar-refractivity contribution < 1.29 is 4.79 Å². The van der Waals surface area contributed by atoms with Gasteiger partial charge in [-0.2, -0.15) is 0 Å². The largest absolute Gasteiger partial charge is 0.299 e. The number of carbonyl (C=O) groups excluding carboxylic acids is 1. The van der Waals surface area contributed by atoms with E-state index in [1.165, 1.54) is 5.57 Å². The standard InChI is InChI=1S/C10H16O/c1-4-9(3)7-6-8-10(11)5-2/h6H,4-5,8H2,1-3H3. The van der Waals surface area contributed by atoms with Gasteiger partial charge >= 0.3 is 0 Å². The maximum atomic E-state index is 10.8. The van der Waals surface area contributed by atoms with Crippen molar-refractivity contribution in [3.05, 3.63) is 17.4 Å². The van der Waals surface area contributed by atoms with E-state index in [2.05, 4.69) is 12.7 Å². The Kier molecular flexibility index (Phi) is 5.50. The second-order valence-electron chi connectivity index (χ2n) is 2.58. The van der Waals surface area contributed by atoms with E-state index in [0.29, 0.717) is 12.8 Å². The zero-order valence-electron chi connectivity index (χ0n) is 7.61. The first-order valence-electron chi connectivity index (χ1n) is 4.13. The molecule has 0 heterocycles. The van der Waals surface area contributed by atoms with Crippen LogP contribution in [0.15, 0.2) is 17.4 Å². The van der Waals surface area contributed by atoms with Gasteiger partial charge in [0.25, 0.3) is 0 Å². The average molecular weight is 152 g/mol. The van der Waals surface area contributed by atoms with E-state index in [4.69, 9.17) is 0 Å². The first-order valence-corrected chi connectivity index (χ1v) is 4.13. The fraction of sp³-hybridized carbons (Fsp3) is 0.600. The van der Waals surface area contributed by atoms with Crippen LogP contribution in [0.3, 0.4) is 0 Å². The normalized spacial score (nSPS) is 8.64. The molecule has 1 heteroatoms. The third-order valence-corrected chi connectivity index (χ3v) is 1.60. The molecule has 0 N–H and O–H groups in total. The minimum absolute atomic E-state index is 0.279. The maximum Gasteiger partial charge on any atom is 0.137 e. The second kappa shape index (κ2) is 5.94. The summed E-state index contributed by atoms with van der Waals surface area (Å²) in [4.78, 5) is 10.8. The van der Waals surface area contributed by atoms with Gasteiger partial charge in [0.1, 0.15) is 5.78 Å². The molecule has 0 aliphatic heterocycles. The number of hydrogen-bond acceptors (Lipinski definition) is 1. The van der Waals surface area contributed by atoms with E-state index in [-0.39, 0.29) is 5.78 Å². The Balaban J connectivity index is 3.85. The van der Waals surface area contributed by atoms with Crippen molar-refractivity contribution in [2.75, 3.05) is 0 Å². The molecular formula is C10H16O. The van der Waals surface area contributed by atoms with Crippen molar-refractivity contribution in [2.24, 2.45) is 0 Å². The Morgan fingerprint density at radius 2 is 2.00 bits per heavy atom. The molecule has 0 aromatic carbocycles. The highest BCUT2D eigenvalue weighted by molar-refractivity contribution is 5.79. The van der Waals surface area contributed by atoms with Gasteiger partial charge in [0.05, 0.1) is 0 Å². The first kappa shape index (κ1) is 10.2. The van der Waals surface area contributed by atoms with Crippen molar-refractivity contribution in [2.45, 2.75) is 40.0 Å². The van der Waals surface area contributed by atoms with Gasteiger partial charge in [-0.05, 0) is 25.0 Å². The Bertz CT molecular complexity index is 183. The lowest BCUT2D eigenvalue weighted by Crippen LogP contribution is -1.90. The van der Waals surface area contributed by atoms with Crippen LogP contribution in [0, 0.1) is 0 Å². The second-order valence-corrected chi connectivity index (χ2v) is 2.58. The highest BCUT2D eigenvalue weighted by Crippen LogP contribution is 1.96. The average Bonchev–Trinajstić information content (AvgIpc) is 2.04. The van der Waals surface area contributed by atoms with Crippen LogP contribution in [0.25, 0.3) is 0 Å². The van der Waals surface area contributed by atoms with Gasteiger partial charge in [-0.3, -0.25) is 4.79 Å². The summed E-state index contributed by atoms with van der Waals surface area (Å²) in [7, 11) is 0. The van der Waals surface area contributed by atoms with E-state index in [1.807, 2.05) is 19.9 Å². The molecule has 0 fully saturated rings. The summed E-state index contributed by atoms with van der Waals surface area (Å²) in [5.41, 5.74) is 4.27. The zero-order valence-corrected chi connectivity index (χ0v) is 7.61. The number of ketones is 1. The van der Waals surface area contributed by atoms with E-state index < -0.39 is 0 Å². The van der Waals surface area contributed by atoms with Crippen molar-refractivity contribution in [3.8, 4) is 0 Å². The molecule has 0 saturated heterocycles. The van der Waals surface area contributed by atoms with Crippen LogP contribution in [0.2, 0.25) is 0 Å². The molecule has 0 spiro atoms. The van der Waals surface area contributed by atoms with Gasteiger partial charge in [-0.1, -0.05) is 13.8 Å². The van der Waals surface area contributed by atoms with Gasteiger partial charge in [0.15, 0.2) is 0 Å². The van der Waals surface area contributed by atoms with Gasteiger partial charge in [-0.15, -0.1) is 5.73 Å². The summed E-state index contributed by atoms with van der Waals surface area (Å²) in [5.74, 6) is 0.279. The fourth-order valence-electron chi connectivity index (χ4n) is 0.585. The lowest BCUT2D eigenvalue weighted by atomic mass is 10.2. The van der Waals surface area contributed by atoms with Crippen LogP contribution in [-0.2, 0) is 4.79 Å². The summed E-state index contributed by atoms with van der Waals surface area (Å²) in [6.45, 7) is 5.98. The van der Waals surface area contributed by atoms with Gasteiger partial charge in [-0.25, -0.2) is 0 Å². The monoisotopic (exact) mass is 152 g/mol. The van der Waals surface area contributed by atoms with E-state index in [1.54, 1.807) is 0 Å². The van der Waals surface area contributed by atoms with Crippen LogP contribution >= 0.6 is 0 Å². The van der Waals surface area contributed by atoms with Crippen molar-refractivity contribution in [1.82, 2.24) is 0 Å². The van der Waals surface area contributed by atoms with Gasteiger partial charge < -0.3 is 0 Å². The topological polar surface area (TPSA) is 17.1 Å². The van der Waals surface area contributed by atoms with Crippen molar-refractivity contribution in [3.63, 3.8) is 0 Å². The van der Waals surface area contributed by atoms with Gasteiger partial charge in [0.2, 0.25) is 0 Å². The van der Waals surface area contributed by atoms with Crippen LogP contribution in [0.5, 0.6) is 0 Å². The molecule has 0 saturated carbocycles. The highest BCUT2D eigenvalue weighted by Gasteiger charge is 1.91. The maximum absolute atomic E-state index is 10.8. The molecule has 0 aromatic rings. The molecule has 0 aliphatic rings. The molecule has 0 atom stereocenters. The molecule has 0 aromatic heterocycles. The number of Topliss-reactive ketones (excluding diaryl/α,β-unsaturated/α-hetero) is 1. The molecule has 1 nitrogen and oxygen atoms in total. The van der Waals surface area contributed by atoms with Crippen LogP contribution in [-0.4, -0.2) is 5.78 Å². The SMILES string of the molecule is CCC(=O)CC=C=C(C)CC. The number of rotatable bonds is 4. The predicted molar refractivity (Wildman–Crippen MR) is 47.5 cm³/mol. The van der Waals surface area contributed by atoms with Gasteiger partial charge in [0, 0.05) is 12.8 Å². The molecule has 0 aliphatic carbocycles. The predicted octanol–water partition coefficient (Wildman–Crippen LogP) is 2.87. The summed E-state index contributed by atoms with van der Waals surface area (Å²) in [6, 6.07) is 0. The van der Waals surface area contributed by atoms with E-state index >= 15 is 0 Å². The lowest BCUT2D eigenvalue weighted by Gasteiger charge is -1.87.